The highest BCUT2D eigenvalue weighted by atomic mass is 79.9. The summed E-state index contributed by atoms with van der Waals surface area (Å²) in [5, 5.41) is 8.94. The van der Waals surface area contributed by atoms with Crippen molar-refractivity contribution in [1.29, 1.82) is 0 Å². The molecule has 0 fully saturated rings. The lowest BCUT2D eigenvalue weighted by Gasteiger charge is -2.25. The first-order valence-corrected chi connectivity index (χ1v) is 7.80. The number of rotatable bonds is 7. The van der Waals surface area contributed by atoms with E-state index >= 15 is 0 Å². The number of hydrogen-bond acceptors (Lipinski definition) is 3. The topological polar surface area (TPSA) is 40.5 Å². The number of carbonyl (C=O) groups excluding carboxylic acids is 1. The van der Waals surface area contributed by atoms with Crippen LogP contribution in [0.15, 0.2) is 15.9 Å². The van der Waals surface area contributed by atoms with E-state index in [4.69, 9.17) is 5.11 Å². The van der Waals surface area contributed by atoms with Gasteiger partial charge in [-0.15, -0.1) is 11.3 Å². The van der Waals surface area contributed by atoms with Crippen molar-refractivity contribution in [2.45, 2.75) is 39.2 Å². The number of halogens is 1. The molecule has 1 amide bonds. The van der Waals surface area contributed by atoms with E-state index in [2.05, 4.69) is 22.0 Å². The standard InChI is InChI=1S/C13H20BrNO2S/c1-10(2)15(8-9-16)13(17)5-3-4-11-6-7-12(14)18-11/h6-7,10,16H,3-5,8-9H2,1-2H3. The molecule has 0 aliphatic carbocycles. The minimum Gasteiger partial charge on any atom is -0.395 e. The SMILES string of the molecule is CC(C)N(CCO)C(=O)CCCc1ccc(Br)s1. The van der Waals surface area contributed by atoms with Gasteiger partial charge in [-0.1, -0.05) is 0 Å². The van der Waals surface area contributed by atoms with Gasteiger partial charge in [-0.2, -0.15) is 0 Å². The van der Waals surface area contributed by atoms with Crippen LogP contribution in [0, 0.1) is 0 Å². The first-order chi connectivity index (χ1) is 8.54. The Kier molecular flexibility index (Phi) is 6.89. The van der Waals surface area contributed by atoms with Crippen LogP contribution in [0.2, 0.25) is 0 Å². The number of thiophene rings is 1. The van der Waals surface area contributed by atoms with E-state index in [1.54, 1.807) is 16.2 Å². The van der Waals surface area contributed by atoms with Crippen molar-refractivity contribution < 1.29 is 9.90 Å². The molecular weight excluding hydrogens is 314 g/mol. The largest absolute Gasteiger partial charge is 0.395 e. The molecule has 0 radical (unpaired) electrons. The molecule has 0 saturated carbocycles. The molecule has 0 aliphatic heterocycles. The molecule has 0 saturated heterocycles. The summed E-state index contributed by atoms with van der Waals surface area (Å²) in [6, 6.07) is 4.28. The van der Waals surface area contributed by atoms with Gasteiger partial charge in [0.05, 0.1) is 10.4 Å². The van der Waals surface area contributed by atoms with Gasteiger partial charge in [0.1, 0.15) is 0 Å². The van der Waals surface area contributed by atoms with Crippen molar-refractivity contribution in [2.75, 3.05) is 13.2 Å². The number of amides is 1. The monoisotopic (exact) mass is 333 g/mol. The van der Waals surface area contributed by atoms with Gasteiger partial charge >= 0.3 is 0 Å². The molecule has 0 atom stereocenters. The number of aliphatic hydroxyl groups is 1. The lowest BCUT2D eigenvalue weighted by atomic mass is 10.2. The van der Waals surface area contributed by atoms with Gasteiger partial charge in [-0.05, 0) is 54.8 Å². The zero-order valence-corrected chi connectivity index (χ0v) is 13.3. The van der Waals surface area contributed by atoms with Crippen LogP contribution in [0.4, 0.5) is 0 Å². The summed E-state index contributed by atoms with van der Waals surface area (Å²) >= 11 is 5.15. The van der Waals surface area contributed by atoms with E-state index in [1.165, 1.54) is 4.88 Å². The van der Waals surface area contributed by atoms with Crippen LogP contribution in [0.3, 0.4) is 0 Å². The summed E-state index contributed by atoms with van der Waals surface area (Å²) in [6.07, 6.45) is 2.35. The molecule has 1 aromatic heterocycles. The van der Waals surface area contributed by atoms with Gasteiger partial charge in [0.2, 0.25) is 5.91 Å². The minimum atomic E-state index is 0.0296. The fourth-order valence-electron chi connectivity index (χ4n) is 1.82. The van der Waals surface area contributed by atoms with E-state index in [1.807, 2.05) is 19.9 Å². The lowest BCUT2D eigenvalue weighted by Crippen LogP contribution is -2.38. The molecule has 3 nitrogen and oxygen atoms in total. The fourth-order valence-corrected chi connectivity index (χ4v) is 3.35. The van der Waals surface area contributed by atoms with Crippen LogP contribution in [0.5, 0.6) is 0 Å². The zero-order valence-electron chi connectivity index (χ0n) is 10.9. The van der Waals surface area contributed by atoms with Crippen LogP contribution < -0.4 is 0 Å². The van der Waals surface area contributed by atoms with Crippen LogP contribution in [0.25, 0.3) is 0 Å². The van der Waals surface area contributed by atoms with Crippen molar-refractivity contribution in [3.63, 3.8) is 0 Å². The fraction of sp³-hybridized carbons (Fsp3) is 0.615. The molecule has 1 aromatic rings. The molecule has 0 spiro atoms. The Morgan fingerprint density at radius 3 is 2.72 bits per heavy atom. The average Bonchev–Trinajstić information content (AvgIpc) is 2.71. The predicted molar refractivity (Wildman–Crippen MR) is 78.9 cm³/mol. The van der Waals surface area contributed by atoms with Gasteiger partial charge < -0.3 is 10.0 Å². The number of carbonyl (C=O) groups is 1. The van der Waals surface area contributed by atoms with Gasteiger partial charge in [-0.3, -0.25) is 4.79 Å². The first-order valence-electron chi connectivity index (χ1n) is 6.19. The van der Waals surface area contributed by atoms with Crippen LogP contribution in [0.1, 0.15) is 31.6 Å². The lowest BCUT2D eigenvalue weighted by molar-refractivity contribution is -0.133. The third-order valence-corrected chi connectivity index (χ3v) is 4.41. The smallest absolute Gasteiger partial charge is 0.222 e. The summed E-state index contributed by atoms with van der Waals surface area (Å²) < 4.78 is 1.13. The minimum absolute atomic E-state index is 0.0296. The summed E-state index contributed by atoms with van der Waals surface area (Å²) in [4.78, 5) is 15.0. The highest BCUT2D eigenvalue weighted by molar-refractivity contribution is 9.11. The average molecular weight is 334 g/mol. The summed E-state index contributed by atoms with van der Waals surface area (Å²) in [5.74, 6) is 0.134. The van der Waals surface area contributed by atoms with Gasteiger partial charge in [0.15, 0.2) is 0 Å². The Labute approximate surface area is 121 Å². The summed E-state index contributed by atoms with van der Waals surface area (Å²) in [7, 11) is 0. The van der Waals surface area contributed by atoms with Crippen LogP contribution in [-0.2, 0) is 11.2 Å². The second kappa shape index (κ2) is 7.92. The van der Waals surface area contributed by atoms with Crippen LogP contribution >= 0.6 is 27.3 Å². The Balaban J connectivity index is 2.35. The third-order valence-electron chi connectivity index (χ3n) is 2.73. The molecule has 0 bridgehead atoms. The van der Waals surface area contributed by atoms with E-state index in [0.29, 0.717) is 13.0 Å². The Hall–Kier alpha value is -0.390. The van der Waals surface area contributed by atoms with E-state index < -0.39 is 0 Å². The second-order valence-corrected chi connectivity index (χ2v) is 7.01. The zero-order chi connectivity index (χ0) is 13.5. The van der Waals surface area contributed by atoms with Gasteiger partial charge in [-0.25, -0.2) is 0 Å². The van der Waals surface area contributed by atoms with Crippen molar-refractivity contribution in [3.8, 4) is 0 Å². The Morgan fingerprint density at radius 1 is 1.50 bits per heavy atom. The van der Waals surface area contributed by atoms with E-state index in [9.17, 15) is 4.79 Å². The van der Waals surface area contributed by atoms with Crippen molar-refractivity contribution >= 4 is 33.2 Å². The number of aryl methyl sites for hydroxylation is 1. The highest BCUT2D eigenvalue weighted by Crippen LogP contribution is 2.23. The Morgan fingerprint density at radius 2 is 2.22 bits per heavy atom. The number of nitrogens with zero attached hydrogens (tertiary/aromatic N) is 1. The maximum absolute atomic E-state index is 12.0. The van der Waals surface area contributed by atoms with Crippen LogP contribution in [-0.4, -0.2) is 35.1 Å². The highest BCUT2D eigenvalue weighted by Gasteiger charge is 2.15. The predicted octanol–water partition coefficient (Wildman–Crippen LogP) is 3.06. The summed E-state index contributed by atoms with van der Waals surface area (Å²) in [5.41, 5.74) is 0. The molecule has 1 N–H and O–H groups in total. The molecule has 102 valence electrons. The first kappa shape index (κ1) is 15.7. The maximum atomic E-state index is 12.0. The molecule has 0 aromatic carbocycles. The Bertz CT molecular complexity index is 379. The van der Waals surface area contributed by atoms with Gasteiger partial charge in [0, 0.05) is 23.9 Å². The molecule has 1 rings (SSSR count). The number of hydrogen-bond donors (Lipinski definition) is 1. The van der Waals surface area contributed by atoms with Gasteiger partial charge in [0.25, 0.3) is 0 Å². The molecule has 5 heteroatoms. The second-order valence-electron chi connectivity index (χ2n) is 4.46. The molecule has 0 unspecified atom stereocenters. The summed E-state index contributed by atoms with van der Waals surface area (Å²) in [6.45, 7) is 4.41. The molecule has 1 heterocycles. The number of aliphatic hydroxyl groups excluding tert-OH is 1. The van der Waals surface area contributed by atoms with Crippen molar-refractivity contribution in [3.05, 3.63) is 20.8 Å². The molecule has 18 heavy (non-hydrogen) atoms. The van der Waals surface area contributed by atoms with E-state index in [-0.39, 0.29) is 18.6 Å². The maximum Gasteiger partial charge on any atom is 0.222 e. The normalized spacial score (nSPS) is 10.9. The van der Waals surface area contributed by atoms with E-state index in [0.717, 1.165) is 16.6 Å². The molecular formula is C13H20BrNO2S. The van der Waals surface area contributed by atoms with Crippen molar-refractivity contribution in [2.24, 2.45) is 0 Å². The molecule has 0 aliphatic rings. The van der Waals surface area contributed by atoms with Crippen molar-refractivity contribution in [1.82, 2.24) is 4.90 Å². The third kappa shape index (κ3) is 5.08. The quantitative estimate of drug-likeness (QED) is 0.833.